The Hall–Kier alpha value is -1.80. The number of rotatable bonds is 1. The van der Waals surface area contributed by atoms with Crippen molar-refractivity contribution >= 4 is 0 Å². The standard InChI is InChI=1S/C15H15NO/c17-14-8-4-3-7-13(14)15-12-6-2-1-5-11(12)9-10-16-15/h1-8,15-17H,9-10H2. The molecule has 0 saturated carbocycles. The van der Waals surface area contributed by atoms with Gasteiger partial charge in [0, 0.05) is 12.1 Å². The van der Waals surface area contributed by atoms with Crippen LogP contribution in [0.2, 0.25) is 0 Å². The lowest BCUT2D eigenvalue weighted by molar-refractivity contribution is 0.454. The highest BCUT2D eigenvalue weighted by Crippen LogP contribution is 2.32. The van der Waals surface area contributed by atoms with E-state index in [0.29, 0.717) is 5.75 Å². The van der Waals surface area contributed by atoms with Crippen molar-refractivity contribution < 1.29 is 5.11 Å². The SMILES string of the molecule is Oc1ccccc1C1NCCc2ccccc21. The van der Waals surface area contributed by atoms with E-state index in [1.165, 1.54) is 11.1 Å². The highest BCUT2D eigenvalue weighted by molar-refractivity contribution is 5.44. The molecule has 0 bridgehead atoms. The number of fused-ring (bicyclic) bond motifs is 1. The average molecular weight is 225 g/mol. The molecule has 0 aliphatic carbocycles. The van der Waals surface area contributed by atoms with Crippen molar-refractivity contribution in [2.75, 3.05) is 6.54 Å². The van der Waals surface area contributed by atoms with Gasteiger partial charge in [-0.2, -0.15) is 0 Å². The third-order valence-corrected chi connectivity index (χ3v) is 3.36. The zero-order valence-electron chi connectivity index (χ0n) is 9.56. The molecular formula is C15H15NO. The Morgan fingerprint density at radius 2 is 1.65 bits per heavy atom. The monoisotopic (exact) mass is 225 g/mol. The largest absolute Gasteiger partial charge is 0.508 e. The van der Waals surface area contributed by atoms with Gasteiger partial charge in [0.2, 0.25) is 0 Å². The van der Waals surface area contributed by atoms with Gasteiger partial charge in [-0.1, -0.05) is 42.5 Å². The van der Waals surface area contributed by atoms with Crippen molar-refractivity contribution in [1.29, 1.82) is 0 Å². The van der Waals surface area contributed by atoms with Crippen LogP contribution in [0, 0.1) is 0 Å². The molecule has 1 atom stereocenters. The van der Waals surface area contributed by atoms with Gasteiger partial charge in [0.25, 0.3) is 0 Å². The second-order valence-electron chi connectivity index (χ2n) is 4.39. The van der Waals surface area contributed by atoms with E-state index in [0.717, 1.165) is 18.5 Å². The number of aromatic hydroxyl groups is 1. The molecule has 1 aliphatic rings. The van der Waals surface area contributed by atoms with E-state index in [2.05, 4.69) is 29.6 Å². The molecular weight excluding hydrogens is 210 g/mol. The van der Waals surface area contributed by atoms with Crippen LogP contribution in [0.3, 0.4) is 0 Å². The maximum Gasteiger partial charge on any atom is 0.120 e. The number of para-hydroxylation sites is 1. The van der Waals surface area contributed by atoms with E-state index in [9.17, 15) is 5.11 Å². The van der Waals surface area contributed by atoms with Crippen molar-refractivity contribution in [2.24, 2.45) is 0 Å². The number of hydrogen-bond donors (Lipinski definition) is 2. The Labute approximate surface area is 101 Å². The normalized spacial score (nSPS) is 18.7. The van der Waals surface area contributed by atoms with Crippen LogP contribution in [0.1, 0.15) is 22.7 Å². The third-order valence-electron chi connectivity index (χ3n) is 3.36. The topological polar surface area (TPSA) is 32.3 Å². The minimum atomic E-state index is 0.112. The van der Waals surface area contributed by atoms with Gasteiger partial charge < -0.3 is 10.4 Å². The summed E-state index contributed by atoms with van der Waals surface area (Å²) < 4.78 is 0. The van der Waals surface area contributed by atoms with Crippen LogP contribution in [0.5, 0.6) is 5.75 Å². The fourth-order valence-corrected chi connectivity index (χ4v) is 2.51. The molecule has 2 nitrogen and oxygen atoms in total. The molecule has 0 spiro atoms. The van der Waals surface area contributed by atoms with Crippen molar-refractivity contribution in [3.63, 3.8) is 0 Å². The Kier molecular flexibility index (Phi) is 2.57. The summed E-state index contributed by atoms with van der Waals surface area (Å²) in [7, 11) is 0. The van der Waals surface area contributed by atoms with E-state index < -0.39 is 0 Å². The zero-order chi connectivity index (χ0) is 11.7. The van der Waals surface area contributed by atoms with Gasteiger partial charge in [-0.15, -0.1) is 0 Å². The predicted molar refractivity (Wildman–Crippen MR) is 68.1 cm³/mol. The van der Waals surface area contributed by atoms with E-state index in [4.69, 9.17) is 0 Å². The Morgan fingerprint density at radius 3 is 2.47 bits per heavy atom. The molecule has 86 valence electrons. The van der Waals surface area contributed by atoms with Crippen LogP contribution in [0.15, 0.2) is 48.5 Å². The summed E-state index contributed by atoms with van der Waals surface area (Å²) in [6.45, 7) is 0.954. The first-order valence-corrected chi connectivity index (χ1v) is 5.95. The Balaban J connectivity index is 2.09. The first-order chi connectivity index (χ1) is 8.36. The van der Waals surface area contributed by atoms with Gasteiger partial charge in [-0.3, -0.25) is 0 Å². The third kappa shape index (κ3) is 1.81. The Morgan fingerprint density at radius 1 is 0.941 bits per heavy atom. The molecule has 2 aromatic carbocycles. The molecule has 0 saturated heterocycles. The van der Waals surface area contributed by atoms with Crippen molar-refractivity contribution in [2.45, 2.75) is 12.5 Å². The van der Waals surface area contributed by atoms with Gasteiger partial charge >= 0.3 is 0 Å². The van der Waals surface area contributed by atoms with Crippen LogP contribution in [-0.2, 0) is 6.42 Å². The summed E-state index contributed by atoms with van der Waals surface area (Å²) in [5.41, 5.74) is 3.61. The fraction of sp³-hybridized carbons (Fsp3) is 0.200. The summed E-state index contributed by atoms with van der Waals surface area (Å²) in [4.78, 5) is 0. The lowest BCUT2D eigenvalue weighted by atomic mass is 9.89. The molecule has 0 fully saturated rings. The number of phenols is 1. The summed E-state index contributed by atoms with van der Waals surface area (Å²) in [6, 6.07) is 16.1. The Bertz CT molecular complexity index is 536. The van der Waals surface area contributed by atoms with E-state index in [-0.39, 0.29) is 6.04 Å². The molecule has 0 aromatic heterocycles. The maximum atomic E-state index is 9.95. The minimum Gasteiger partial charge on any atom is -0.508 e. The summed E-state index contributed by atoms with van der Waals surface area (Å²) in [5, 5.41) is 13.4. The average Bonchev–Trinajstić information content (AvgIpc) is 2.39. The molecule has 1 unspecified atom stereocenters. The highest BCUT2D eigenvalue weighted by Gasteiger charge is 2.22. The van der Waals surface area contributed by atoms with Gasteiger partial charge in [-0.05, 0) is 23.6 Å². The molecule has 0 amide bonds. The molecule has 3 rings (SSSR count). The van der Waals surface area contributed by atoms with Crippen LogP contribution >= 0.6 is 0 Å². The van der Waals surface area contributed by atoms with Gasteiger partial charge in [0.15, 0.2) is 0 Å². The molecule has 0 radical (unpaired) electrons. The van der Waals surface area contributed by atoms with Crippen molar-refractivity contribution in [3.8, 4) is 5.75 Å². The lowest BCUT2D eigenvalue weighted by Gasteiger charge is -2.27. The molecule has 1 heterocycles. The smallest absolute Gasteiger partial charge is 0.120 e. The second kappa shape index (κ2) is 4.22. The molecule has 2 aromatic rings. The number of phenolic OH excluding ortho intramolecular Hbond substituents is 1. The first-order valence-electron chi connectivity index (χ1n) is 5.95. The maximum absolute atomic E-state index is 9.95. The van der Waals surface area contributed by atoms with E-state index >= 15 is 0 Å². The van der Waals surface area contributed by atoms with Crippen LogP contribution in [0.25, 0.3) is 0 Å². The predicted octanol–water partition coefficient (Wildman–Crippen LogP) is 2.63. The number of benzene rings is 2. The summed E-state index contributed by atoms with van der Waals surface area (Å²) in [5.74, 6) is 0.363. The minimum absolute atomic E-state index is 0.112. The van der Waals surface area contributed by atoms with Crippen LogP contribution in [-0.4, -0.2) is 11.7 Å². The molecule has 2 N–H and O–H groups in total. The summed E-state index contributed by atoms with van der Waals surface area (Å²) in [6.07, 6.45) is 1.06. The van der Waals surface area contributed by atoms with Crippen molar-refractivity contribution in [3.05, 3.63) is 65.2 Å². The second-order valence-corrected chi connectivity index (χ2v) is 4.39. The van der Waals surface area contributed by atoms with Gasteiger partial charge in [0.05, 0.1) is 6.04 Å². The van der Waals surface area contributed by atoms with E-state index in [1.807, 2.05) is 18.2 Å². The van der Waals surface area contributed by atoms with Crippen molar-refractivity contribution in [1.82, 2.24) is 5.32 Å². The first kappa shape index (κ1) is 10.4. The van der Waals surface area contributed by atoms with Crippen LogP contribution in [0.4, 0.5) is 0 Å². The molecule has 2 heteroatoms. The van der Waals surface area contributed by atoms with Crippen LogP contribution < -0.4 is 5.32 Å². The highest BCUT2D eigenvalue weighted by atomic mass is 16.3. The zero-order valence-corrected chi connectivity index (χ0v) is 9.56. The quantitative estimate of drug-likeness (QED) is 0.782. The lowest BCUT2D eigenvalue weighted by Crippen LogP contribution is -2.30. The number of nitrogens with one attached hydrogen (secondary N) is 1. The number of hydrogen-bond acceptors (Lipinski definition) is 2. The van der Waals surface area contributed by atoms with Gasteiger partial charge in [0.1, 0.15) is 5.75 Å². The molecule has 1 aliphatic heterocycles. The fourth-order valence-electron chi connectivity index (χ4n) is 2.51. The van der Waals surface area contributed by atoms with Gasteiger partial charge in [-0.25, -0.2) is 0 Å². The summed E-state index contributed by atoms with van der Waals surface area (Å²) >= 11 is 0. The molecule has 17 heavy (non-hydrogen) atoms. The van der Waals surface area contributed by atoms with E-state index in [1.54, 1.807) is 6.07 Å².